The van der Waals surface area contributed by atoms with Crippen LogP contribution in [0, 0.1) is 0 Å². The zero-order valence-corrected chi connectivity index (χ0v) is 14.0. The third kappa shape index (κ3) is 4.39. The van der Waals surface area contributed by atoms with Crippen LogP contribution in [0.25, 0.3) is 0 Å². The van der Waals surface area contributed by atoms with Crippen molar-refractivity contribution in [3.8, 4) is 11.5 Å². The quantitative estimate of drug-likeness (QED) is 0.861. The lowest BCUT2D eigenvalue weighted by Crippen LogP contribution is -2.44. The van der Waals surface area contributed by atoms with Gasteiger partial charge in [-0.1, -0.05) is 40.2 Å². The predicted octanol–water partition coefficient (Wildman–Crippen LogP) is 3.09. The summed E-state index contributed by atoms with van der Waals surface area (Å²) < 4.78 is 12.4. The van der Waals surface area contributed by atoms with Gasteiger partial charge in [-0.25, -0.2) is 4.79 Å². The van der Waals surface area contributed by atoms with Gasteiger partial charge in [0.2, 0.25) is 0 Å². The number of urea groups is 1. The van der Waals surface area contributed by atoms with E-state index < -0.39 is 0 Å². The van der Waals surface area contributed by atoms with E-state index in [0.29, 0.717) is 25.4 Å². The third-order valence-corrected chi connectivity index (χ3v) is 3.89. The first-order valence-electron chi connectivity index (χ1n) is 7.35. The Kier molecular flexibility index (Phi) is 5.02. The molecular formula is C17H17BrN2O3. The zero-order valence-electron chi connectivity index (χ0n) is 12.4. The first-order chi connectivity index (χ1) is 11.2. The van der Waals surface area contributed by atoms with Crippen molar-refractivity contribution in [2.24, 2.45) is 0 Å². The van der Waals surface area contributed by atoms with Crippen LogP contribution in [0.15, 0.2) is 53.0 Å². The molecule has 23 heavy (non-hydrogen) atoms. The van der Waals surface area contributed by atoms with Crippen LogP contribution in [0.1, 0.15) is 5.56 Å². The second-order valence-electron chi connectivity index (χ2n) is 5.19. The van der Waals surface area contributed by atoms with Crippen molar-refractivity contribution < 1.29 is 14.3 Å². The molecule has 0 radical (unpaired) electrons. The molecule has 0 saturated heterocycles. The minimum atomic E-state index is -0.229. The van der Waals surface area contributed by atoms with E-state index in [9.17, 15) is 4.79 Å². The molecule has 120 valence electrons. The van der Waals surface area contributed by atoms with Gasteiger partial charge in [-0.3, -0.25) is 0 Å². The average Bonchev–Trinajstić information content (AvgIpc) is 2.58. The maximum Gasteiger partial charge on any atom is 0.315 e. The van der Waals surface area contributed by atoms with Gasteiger partial charge in [0.15, 0.2) is 17.6 Å². The van der Waals surface area contributed by atoms with Gasteiger partial charge in [-0.05, 0) is 29.8 Å². The van der Waals surface area contributed by atoms with Gasteiger partial charge in [0.05, 0.1) is 6.54 Å². The van der Waals surface area contributed by atoms with Crippen molar-refractivity contribution in [2.75, 3.05) is 13.2 Å². The number of carbonyl (C=O) groups is 1. The van der Waals surface area contributed by atoms with Crippen molar-refractivity contribution >= 4 is 22.0 Å². The first kappa shape index (κ1) is 15.7. The standard InChI is InChI=1S/C17H17BrN2O3/c18-13-5-3-4-12(8-13)9-19-17(21)20-10-14-11-22-15-6-1-2-7-16(15)23-14/h1-8,14H,9-11H2,(H2,19,20,21). The molecule has 3 rings (SSSR count). The molecule has 2 aromatic carbocycles. The largest absolute Gasteiger partial charge is 0.486 e. The number of ether oxygens (including phenoxy) is 2. The Morgan fingerprint density at radius 2 is 1.96 bits per heavy atom. The van der Waals surface area contributed by atoms with E-state index in [1.165, 1.54) is 0 Å². The average molecular weight is 377 g/mol. The number of hydrogen-bond acceptors (Lipinski definition) is 3. The summed E-state index contributed by atoms with van der Waals surface area (Å²) in [7, 11) is 0. The van der Waals surface area contributed by atoms with Gasteiger partial charge in [0.25, 0.3) is 0 Å². The summed E-state index contributed by atoms with van der Waals surface area (Å²) >= 11 is 3.41. The highest BCUT2D eigenvalue weighted by Gasteiger charge is 2.20. The highest BCUT2D eigenvalue weighted by atomic mass is 79.9. The Hall–Kier alpha value is -2.21. The number of fused-ring (bicyclic) bond motifs is 1. The molecule has 0 aliphatic carbocycles. The lowest BCUT2D eigenvalue weighted by molar-refractivity contribution is 0.0918. The highest BCUT2D eigenvalue weighted by Crippen LogP contribution is 2.30. The number of halogens is 1. The van der Waals surface area contributed by atoms with Crippen LogP contribution in [0.2, 0.25) is 0 Å². The summed E-state index contributed by atoms with van der Waals surface area (Å²) in [5, 5.41) is 5.62. The Bertz CT molecular complexity index is 693. The molecule has 1 heterocycles. The normalized spacial score (nSPS) is 15.8. The lowest BCUT2D eigenvalue weighted by atomic mass is 10.2. The van der Waals surface area contributed by atoms with Crippen LogP contribution in [-0.2, 0) is 6.54 Å². The van der Waals surface area contributed by atoms with Crippen molar-refractivity contribution in [1.82, 2.24) is 10.6 Å². The molecule has 2 N–H and O–H groups in total. The summed E-state index contributed by atoms with van der Waals surface area (Å²) in [5.41, 5.74) is 1.03. The van der Waals surface area contributed by atoms with Crippen LogP contribution in [0.4, 0.5) is 4.79 Å². The summed E-state index contributed by atoms with van der Waals surface area (Å²) in [6.07, 6.45) is -0.193. The number of para-hydroxylation sites is 2. The molecule has 1 aliphatic heterocycles. The number of carbonyl (C=O) groups excluding carboxylic acids is 1. The molecule has 0 spiro atoms. The monoisotopic (exact) mass is 376 g/mol. The Morgan fingerprint density at radius 3 is 2.78 bits per heavy atom. The van der Waals surface area contributed by atoms with E-state index in [2.05, 4.69) is 26.6 Å². The smallest absolute Gasteiger partial charge is 0.315 e. The van der Waals surface area contributed by atoms with E-state index >= 15 is 0 Å². The van der Waals surface area contributed by atoms with Crippen LogP contribution in [0.5, 0.6) is 11.5 Å². The molecule has 6 heteroatoms. The SMILES string of the molecule is O=C(NCc1cccc(Br)c1)NCC1COc2ccccc2O1. The fourth-order valence-corrected chi connectivity index (χ4v) is 2.71. The fraction of sp³-hybridized carbons (Fsp3) is 0.235. The maximum absolute atomic E-state index is 11.9. The lowest BCUT2D eigenvalue weighted by Gasteiger charge is -2.26. The molecule has 0 bridgehead atoms. The molecule has 2 amide bonds. The third-order valence-electron chi connectivity index (χ3n) is 3.40. The Morgan fingerprint density at radius 1 is 1.13 bits per heavy atom. The number of amides is 2. The summed E-state index contributed by atoms with van der Waals surface area (Å²) in [5.74, 6) is 1.45. The van der Waals surface area contributed by atoms with Crippen molar-refractivity contribution in [1.29, 1.82) is 0 Å². The van der Waals surface area contributed by atoms with Crippen molar-refractivity contribution in [3.63, 3.8) is 0 Å². The van der Waals surface area contributed by atoms with E-state index in [4.69, 9.17) is 9.47 Å². The van der Waals surface area contributed by atoms with Gasteiger partial charge in [-0.2, -0.15) is 0 Å². The van der Waals surface area contributed by atoms with Gasteiger partial charge in [-0.15, -0.1) is 0 Å². The molecule has 2 aromatic rings. The van der Waals surface area contributed by atoms with Gasteiger partial charge in [0.1, 0.15) is 6.61 Å². The Labute approximate surface area is 143 Å². The minimum Gasteiger partial charge on any atom is -0.486 e. The molecule has 1 aliphatic rings. The molecule has 0 saturated carbocycles. The topological polar surface area (TPSA) is 59.6 Å². The predicted molar refractivity (Wildman–Crippen MR) is 90.7 cm³/mol. The molecule has 0 aromatic heterocycles. The van der Waals surface area contributed by atoms with Crippen LogP contribution in [0.3, 0.4) is 0 Å². The van der Waals surface area contributed by atoms with E-state index in [0.717, 1.165) is 15.8 Å². The molecule has 1 atom stereocenters. The summed E-state index contributed by atoms with van der Waals surface area (Å²) in [6.45, 7) is 1.28. The highest BCUT2D eigenvalue weighted by molar-refractivity contribution is 9.10. The number of hydrogen-bond donors (Lipinski definition) is 2. The van der Waals surface area contributed by atoms with E-state index in [-0.39, 0.29) is 12.1 Å². The second kappa shape index (κ2) is 7.37. The zero-order chi connectivity index (χ0) is 16.1. The molecular weight excluding hydrogens is 360 g/mol. The van der Waals surface area contributed by atoms with Crippen LogP contribution in [-0.4, -0.2) is 25.3 Å². The Balaban J connectivity index is 1.43. The minimum absolute atomic E-state index is 0.193. The molecule has 0 fully saturated rings. The van der Waals surface area contributed by atoms with Gasteiger partial charge in [0, 0.05) is 11.0 Å². The maximum atomic E-state index is 11.9. The number of rotatable bonds is 4. The van der Waals surface area contributed by atoms with E-state index in [1.807, 2.05) is 48.5 Å². The van der Waals surface area contributed by atoms with Gasteiger partial charge >= 0.3 is 6.03 Å². The fourth-order valence-electron chi connectivity index (χ4n) is 2.26. The second-order valence-corrected chi connectivity index (χ2v) is 6.11. The van der Waals surface area contributed by atoms with Crippen molar-refractivity contribution in [3.05, 3.63) is 58.6 Å². The summed E-state index contributed by atoms with van der Waals surface area (Å²) in [4.78, 5) is 11.9. The number of benzene rings is 2. The van der Waals surface area contributed by atoms with E-state index in [1.54, 1.807) is 0 Å². The first-order valence-corrected chi connectivity index (χ1v) is 8.14. The molecule has 1 unspecified atom stereocenters. The van der Waals surface area contributed by atoms with Gasteiger partial charge < -0.3 is 20.1 Å². The molecule has 5 nitrogen and oxygen atoms in total. The van der Waals surface area contributed by atoms with Crippen LogP contribution < -0.4 is 20.1 Å². The summed E-state index contributed by atoms with van der Waals surface area (Å²) in [6, 6.07) is 15.1. The number of nitrogens with one attached hydrogen (secondary N) is 2. The van der Waals surface area contributed by atoms with Crippen molar-refractivity contribution in [2.45, 2.75) is 12.6 Å². The van der Waals surface area contributed by atoms with Crippen LogP contribution >= 0.6 is 15.9 Å².